The first-order chi connectivity index (χ1) is 4.16. The quantitative estimate of drug-likeness (QED) is 0.548. The van der Waals surface area contributed by atoms with Gasteiger partial charge in [-0.25, -0.2) is 0 Å². The second-order valence-electron chi connectivity index (χ2n) is 2.70. The van der Waals surface area contributed by atoms with Crippen LogP contribution in [0.3, 0.4) is 0 Å². The summed E-state index contributed by atoms with van der Waals surface area (Å²) in [6, 6.07) is 0.521. The SMILES string of the molecule is C[N-]C(C)CCN(C)C.[Rb+]. The second kappa shape index (κ2) is 8.82. The molecule has 3 heteroatoms. The monoisotopic (exact) mass is 214 g/mol. The molecule has 0 aromatic heterocycles. The van der Waals surface area contributed by atoms with Crippen molar-refractivity contribution < 1.29 is 58.2 Å². The zero-order valence-electron chi connectivity index (χ0n) is 7.89. The predicted molar refractivity (Wildman–Crippen MR) is 41.9 cm³/mol. The van der Waals surface area contributed by atoms with Crippen LogP contribution in [0.25, 0.3) is 5.32 Å². The summed E-state index contributed by atoms with van der Waals surface area (Å²) in [7, 11) is 6.05. The molecule has 0 saturated heterocycles. The molecule has 0 aliphatic rings. The molecular formula is C7H17N2Rb. The van der Waals surface area contributed by atoms with Gasteiger partial charge in [-0.05, 0) is 20.6 Å². The minimum atomic E-state index is 0. The van der Waals surface area contributed by atoms with Gasteiger partial charge in [-0.2, -0.15) is 7.05 Å². The third-order valence-electron chi connectivity index (χ3n) is 1.43. The van der Waals surface area contributed by atoms with Crippen molar-refractivity contribution in [2.24, 2.45) is 0 Å². The summed E-state index contributed by atoms with van der Waals surface area (Å²) in [5.41, 5.74) is 0. The van der Waals surface area contributed by atoms with Crippen LogP contribution in [0.4, 0.5) is 0 Å². The summed E-state index contributed by atoms with van der Waals surface area (Å²) in [6.45, 7) is 3.28. The van der Waals surface area contributed by atoms with Crippen LogP contribution in [-0.2, 0) is 0 Å². The molecule has 0 bridgehead atoms. The fraction of sp³-hybridized carbons (Fsp3) is 1.00. The average molecular weight is 215 g/mol. The molecule has 0 spiro atoms. The zero-order valence-corrected chi connectivity index (χ0v) is 12.8. The standard InChI is InChI=1S/C7H17N2.Rb/c1-7(8-2)5-6-9(3)4;/h7H,5-6H2,1-4H3;/q-1;+1. The number of hydrogen-bond acceptors (Lipinski definition) is 1. The number of hydrogen-bond donors (Lipinski definition) is 0. The minimum absolute atomic E-state index is 0. The van der Waals surface area contributed by atoms with Crippen LogP contribution in [0.15, 0.2) is 0 Å². The smallest absolute Gasteiger partial charge is 0.662 e. The van der Waals surface area contributed by atoms with Crippen LogP contribution in [0.5, 0.6) is 0 Å². The van der Waals surface area contributed by atoms with E-state index in [0.29, 0.717) is 6.04 Å². The molecule has 0 rings (SSSR count). The average Bonchev–Trinajstić information content (AvgIpc) is 1.83. The Bertz CT molecular complexity index is 66.6. The molecule has 10 heavy (non-hydrogen) atoms. The predicted octanol–water partition coefficient (Wildman–Crippen LogP) is -1.67. The van der Waals surface area contributed by atoms with E-state index >= 15 is 0 Å². The molecule has 0 aromatic rings. The van der Waals surface area contributed by atoms with Gasteiger partial charge in [0.1, 0.15) is 0 Å². The van der Waals surface area contributed by atoms with E-state index in [0.717, 1.165) is 6.54 Å². The fourth-order valence-corrected chi connectivity index (χ4v) is 0.574. The van der Waals surface area contributed by atoms with Gasteiger partial charge in [-0.3, -0.25) is 0 Å². The van der Waals surface area contributed by atoms with E-state index in [1.165, 1.54) is 6.42 Å². The van der Waals surface area contributed by atoms with Crippen molar-refractivity contribution in [1.82, 2.24) is 4.90 Å². The van der Waals surface area contributed by atoms with E-state index in [9.17, 15) is 0 Å². The fourth-order valence-electron chi connectivity index (χ4n) is 0.574. The molecule has 56 valence electrons. The molecule has 0 fully saturated rings. The van der Waals surface area contributed by atoms with Crippen LogP contribution in [0.2, 0.25) is 0 Å². The first-order valence-electron chi connectivity index (χ1n) is 3.40. The van der Waals surface area contributed by atoms with Crippen molar-refractivity contribution in [2.75, 3.05) is 27.7 Å². The van der Waals surface area contributed by atoms with Crippen LogP contribution in [0, 0.1) is 0 Å². The van der Waals surface area contributed by atoms with E-state index in [4.69, 9.17) is 0 Å². The summed E-state index contributed by atoms with van der Waals surface area (Å²) < 4.78 is 0. The molecule has 1 atom stereocenters. The second-order valence-corrected chi connectivity index (χ2v) is 2.70. The van der Waals surface area contributed by atoms with Gasteiger partial charge >= 0.3 is 58.2 Å². The Morgan fingerprint density at radius 3 is 2.20 bits per heavy atom. The normalized spacial score (nSPS) is 12.9. The number of nitrogens with zero attached hydrogens (tertiary/aromatic N) is 2. The molecule has 0 amide bonds. The maximum absolute atomic E-state index is 4.13. The summed E-state index contributed by atoms with van der Waals surface area (Å²) in [5.74, 6) is 0. The first kappa shape index (κ1) is 14.3. The van der Waals surface area contributed by atoms with Gasteiger partial charge in [0.05, 0.1) is 0 Å². The van der Waals surface area contributed by atoms with Crippen molar-refractivity contribution in [2.45, 2.75) is 19.4 Å². The molecule has 0 aromatic carbocycles. The van der Waals surface area contributed by atoms with Gasteiger partial charge in [-0.1, -0.05) is 13.3 Å². The van der Waals surface area contributed by atoms with E-state index in [1.807, 2.05) is 7.05 Å². The summed E-state index contributed by atoms with van der Waals surface area (Å²) in [6.07, 6.45) is 1.17. The molecule has 2 nitrogen and oxygen atoms in total. The third-order valence-corrected chi connectivity index (χ3v) is 1.43. The minimum Gasteiger partial charge on any atom is -0.662 e. The van der Waals surface area contributed by atoms with Gasteiger partial charge in [-0.15, -0.1) is 6.04 Å². The molecule has 0 aliphatic heterocycles. The Balaban J connectivity index is 0. The van der Waals surface area contributed by atoms with Crippen molar-refractivity contribution in [1.29, 1.82) is 0 Å². The van der Waals surface area contributed by atoms with E-state index in [1.54, 1.807) is 0 Å². The maximum atomic E-state index is 4.13. The molecular weight excluding hydrogens is 198 g/mol. The van der Waals surface area contributed by atoms with E-state index < -0.39 is 0 Å². The summed E-state index contributed by atoms with van der Waals surface area (Å²) >= 11 is 0. The third kappa shape index (κ3) is 9.73. The maximum Gasteiger partial charge on any atom is 1.00 e. The van der Waals surface area contributed by atoms with Crippen LogP contribution in [-0.4, -0.2) is 38.6 Å². The van der Waals surface area contributed by atoms with Crippen LogP contribution in [0.1, 0.15) is 13.3 Å². The summed E-state index contributed by atoms with van der Waals surface area (Å²) in [4.78, 5) is 2.18. The van der Waals surface area contributed by atoms with Crippen molar-refractivity contribution in [3.8, 4) is 0 Å². The van der Waals surface area contributed by atoms with Crippen LogP contribution < -0.4 is 58.2 Å². The summed E-state index contributed by atoms with van der Waals surface area (Å²) in [5, 5.41) is 4.13. The number of rotatable bonds is 4. The molecule has 0 heterocycles. The van der Waals surface area contributed by atoms with Gasteiger partial charge in [0, 0.05) is 0 Å². The molecule has 0 radical (unpaired) electrons. The molecule has 0 N–H and O–H groups in total. The Hall–Kier alpha value is 1.73. The molecule has 0 saturated carbocycles. The van der Waals surface area contributed by atoms with Crippen molar-refractivity contribution in [3.63, 3.8) is 0 Å². The van der Waals surface area contributed by atoms with Gasteiger partial charge in [0.15, 0.2) is 0 Å². The Kier molecular flexibility index (Phi) is 12.6. The van der Waals surface area contributed by atoms with Gasteiger partial charge in [0.2, 0.25) is 0 Å². The Labute approximate surface area is 114 Å². The molecule has 1 unspecified atom stereocenters. The topological polar surface area (TPSA) is 17.3 Å². The Morgan fingerprint density at radius 2 is 1.90 bits per heavy atom. The van der Waals surface area contributed by atoms with Crippen LogP contribution >= 0.6 is 0 Å². The van der Waals surface area contributed by atoms with Gasteiger partial charge in [0.25, 0.3) is 0 Å². The largest absolute Gasteiger partial charge is 1.00 e. The molecule has 0 aliphatic carbocycles. The first-order valence-corrected chi connectivity index (χ1v) is 3.40. The van der Waals surface area contributed by atoms with Gasteiger partial charge < -0.3 is 10.2 Å². The van der Waals surface area contributed by atoms with Crippen molar-refractivity contribution in [3.05, 3.63) is 5.32 Å². The van der Waals surface area contributed by atoms with E-state index in [-0.39, 0.29) is 58.2 Å². The van der Waals surface area contributed by atoms with Crippen molar-refractivity contribution >= 4 is 0 Å². The Morgan fingerprint density at radius 1 is 1.40 bits per heavy atom. The van der Waals surface area contributed by atoms with E-state index in [2.05, 4.69) is 31.2 Å². The zero-order chi connectivity index (χ0) is 7.28.